The second-order valence-electron chi connectivity index (χ2n) is 11.8. The van der Waals surface area contributed by atoms with Gasteiger partial charge in [-0.2, -0.15) is 0 Å². The van der Waals surface area contributed by atoms with Crippen molar-refractivity contribution in [2.24, 2.45) is 0 Å². The number of hydrogen-bond acceptors (Lipinski definition) is 4. The van der Waals surface area contributed by atoms with E-state index in [1.54, 1.807) is 24.9 Å². The highest BCUT2D eigenvalue weighted by atomic mass is 16.3. The molecule has 0 aliphatic heterocycles. The van der Waals surface area contributed by atoms with Gasteiger partial charge in [-0.15, -0.1) is 0 Å². The van der Waals surface area contributed by atoms with Crippen LogP contribution in [0.2, 0.25) is 0 Å². The zero-order chi connectivity index (χ0) is 31.9. The topological polar surface area (TPSA) is 52.1 Å². The van der Waals surface area contributed by atoms with Gasteiger partial charge in [0.05, 0.1) is 12.4 Å². The van der Waals surface area contributed by atoms with Gasteiger partial charge in [0.1, 0.15) is 12.5 Å². The van der Waals surface area contributed by atoms with Crippen LogP contribution in [0.4, 0.5) is 0 Å². The highest BCUT2D eigenvalue weighted by molar-refractivity contribution is 6.22. The van der Waals surface area contributed by atoms with E-state index in [4.69, 9.17) is 8.83 Å². The summed E-state index contributed by atoms with van der Waals surface area (Å²) in [5, 5.41) is 4.67. The minimum Gasteiger partial charge on any atom is -0.445 e. The molecule has 4 nitrogen and oxygen atoms in total. The van der Waals surface area contributed by atoms with E-state index >= 15 is 0 Å². The monoisotopic (exact) mass is 616 g/mol. The van der Waals surface area contributed by atoms with Gasteiger partial charge in [0.15, 0.2) is 0 Å². The zero-order valence-corrected chi connectivity index (χ0v) is 25.9. The summed E-state index contributed by atoms with van der Waals surface area (Å²) in [5.74, 6) is 1.20. The standard InChI is InChI=1S/C44H28N2O2/c1-2-9-29(10-3-1)30-11-6-12-31(25-30)32-19-20-39-40(28-32)42(34-14-8-16-36(27-34)44-46-22-24-48-44)38-18-5-4-17-37(38)41(39)33-13-7-15-35(26-33)43-45-21-23-47-43/h1-28H. The van der Waals surface area contributed by atoms with E-state index in [-0.39, 0.29) is 0 Å². The van der Waals surface area contributed by atoms with Crippen LogP contribution in [-0.2, 0) is 0 Å². The molecule has 0 amide bonds. The summed E-state index contributed by atoms with van der Waals surface area (Å²) in [6, 6.07) is 51.8. The molecule has 2 aromatic heterocycles. The summed E-state index contributed by atoms with van der Waals surface area (Å²) < 4.78 is 11.4. The van der Waals surface area contributed by atoms with Crippen molar-refractivity contribution in [1.29, 1.82) is 0 Å². The smallest absolute Gasteiger partial charge is 0.225 e. The fourth-order valence-electron chi connectivity index (χ4n) is 6.84. The van der Waals surface area contributed by atoms with E-state index in [0.717, 1.165) is 38.6 Å². The predicted octanol–water partition coefficient (Wildman–Crippen LogP) is 12.0. The molecule has 0 N–H and O–H groups in total. The Morgan fingerprint density at radius 3 is 1.33 bits per heavy atom. The maximum atomic E-state index is 5.70. The third-order valence-corrected chi connectivity index (χ3v) is 8.99. The summed E-state index contributed by atoms with van der Waals surface area (Å²) >= 11 is 0. The number of nitrogens with zero attached hydrogens (tertiary/aromatic N) is 2. The number of fused-ring (bicyclic) bond motifs is 2. The lowest BCUT2D eigenvalue weighted by Crippen LogP contribution is -1.92. The van der Waals surface area contributed by atoms with Gasteiger partial charge in [-0.1, -0.05) is 109 Å². The summed E-state index contributed by atoms with van der Waals surface area (Å²) in [7, 11) is 0. The van der Waals surface area contributed by atoms with E-state index in [2.05, 4.69) is 143 Å². The quantitative estimate of drug-likeness (QED) is 0.174. The molecule has 0 spiro atoms. The molecule has 226 valence electrons. The van der Waals surface area contributed by atoms with Crippen LogP contribution in [0.5, 0.6) is 0 Å². The SMILES string of the molecule is c1ccc(-c2cccc(-c3ccc4c(-c5cccc(-c6ncco6)c5)c5ccccc5c(-c5cccc(-c6ncco6)c5)c4c3)c2)cc1. The van der Waals surface area contributed by atoms with Crippen LogP contribution >= 0.6 is 0 Å². The van der Waals surface area contributed by atoms with Crippen molar-refractivity contribution in [3.8, 4) is 67.4 Å². The van der Waals surface area contributed by atoms with Crippen LogP contribution in [0.25, 0.3) is 89.0 Å². The molecule has 0 aliphatic carbocycles. The molecular formula is C44H28N2O2. The molecule has 2 heterocycles. The molecule has 0 saturated heterocycles. The van der Waals surface area contributed by atoms with Gasteiger partial charge in [-0.05, 0) is 102 Å². The van der Waals surface area contributed by atoms with Crippen molar-refractivity contribution in [2.75, 3.05) is 0 Å². The van der Waals surface area contributed by atoms with Gasteiger partial charge >= 0.3 is 0 Å². The fourth-order valence-corrected chi connectivity index (χ4v) is 6.84. The first-order valence-electron chi connectivity index (χ1n) is 16.0. The first kappa shape index (κ1) is 27.8. The average Bonchev–Trinajstić information content (AvgIpc) is 3.90. The molecule has 0 bridgehead atoms. The molecule has 0 aliphatic rings. The zero-order valence-electron chi connectivity index (χ0n) is 25.9. The van der Waals surface area contributed by atoms with Crippen LogP contribution in [0.1, 0.15) is 0 Å². The van der Waals surface area contributed by atoms with Crippen molar-refractivity contribution in [3.63, 3.8) is 0 Å². The van der Waals surface area contributed by atoms with Crippen LogP contribution in [-0.4, -0.2) is 9.97 Å². The van der Waals surface area contributed by atoms with Gasteiger partial charge in [-0.25, -0.2) is 9.97 Å². The predicted molar refractivity (Wildman–Crippen MR) is 194 cm³/mol. The van der Waals surface area contributed by atoms with Crippen molar-refractivity contribution >= 4 is 21.5 Å². The Morgan fingerprint density at radius 1 is 0.312 bits per heavy atom. The molecule has 7 aromatic carbocycles. The Morgan fingerprint density at radius 2 is 0.750 bits per heavy atom. The fraction of sp³-hybridized carbons (Fsp3) is 0. The van der Waals surface area contributed by atoms with Gasteiger partial charge in [0.2, 0.25) is 11.8 Å². The molecule has 0 radical (unpaired) electrons. The van der Waals surface area contributed by atoms with Gasteiger partial charge in [0.25, 0.3) is 0 Å². The number of rotatable bonds is 6. The number of aromatic nitrogens is 2. The first-order valence-corrected chi connectivity index (χ1v) is 16.0. The van der Waals surface area contributed by atoms with Crippen molar-refractivity contribution < 1.29 is 8.83 Å². The van der Waals surface area contributed by atoms with Crippen LogP contribution in [0.3, 0.4) is 0 Å². The number of benzene rings is 7. The molecule has 0 fully saturated rings. The summed E-state index contributed by atoms with van der Waals surface area (Å²) in [6.45, 7) is 0. The average molecular weight is 617 g/mol. The Kier molecular flexibility index (Phi) is 6.76. The molecule has 0 saturated carbocycles. The Balaban J connectivity index is 1.33. The second-order valence-corrected chi connectivity index (χ2v) is 11.8. The van der Waals surface area contributed by atoms with Crippen LogP contribution < -0.4 is 0 Å². The summed E-state index contributed by atoms with van der Waals surface area (Å²) in [6.07, 6.45) is 6.60. The maximum Gasteiger partial charge on any atom is 0.225 e. The second kappa shape index (κ2) is 11.7. The Hall–Kier alpha value is -6.52. The van der Waals surface area contributed by atoms with Gasteiger partial charge in [0, 0.05) is 11.1 Å². The van der Waals surface area contributed by atoms with E-state index in [1.165, 1.54) is 38.6 Å². The van der Waals surface area contributed by atoms with Crippen LogP contribution in [0.15, 0.2) is 179 Å². The van der Waals surface area contributed by atoms with Crippen LogP contribution in [0, 0.1) is 0 Å². The molecule has 0 atom stereocenters. The molecule has 9 aromatic rings. The summed E-state index contributed by atoms with van der Waals surface area (Å²) in [5.41, 5.74) is 11.1. The highest BCUT2D eigenvalue weighted by Gasteiger charge is 2.19. The highest BCUT2D eigenvalue weighted by Crippen LogP contribution is 2.46. The van der Waals surface area contributed by atoms with Gasteiger partial charge < -0.3 is 8.83 Å². The lowest BCUT2D eigenvalue weighted by molar-refractivity contribution is 0.574. The summed E-state index contributed by atoms with van der Waals surface area (Å²) in [4.78, 5) is 8.86. The molecule has 48 heavy (non-hydrogen) atoms. The Labute approximate surface area is 277 Å². The number of oxazole rings is 2. The minimum atomic E-state index is 0.601. The molecular weight excluding hydrogens is 588 g/mol. The third kappa shape index (κ3) is 4.88. The van der Waals surface area contributed by atoms with Gasteiger partial charge in [-0.3, -0.25) is 0 Å². The number of hydrogen-bond donors (Lipinski definition) is 0. The third-order valence-electron chi connectivity index (χ3n) is 8.99. The van der Waals surface area contributed by atoms with E-state index < -0.39 is 0 Å². The van der Waals surface area contributed by atoms with E-state index in [1.807, 2.05) is 12.1 Å². The Bertz CT molecular complexity index is 2550. The van der Waals surface area contributed by atoms with Crippen molar-refractivity contribution in [1.82, 2.24) is 9.97 Å². The van der Waals surface area contributed by atoms with Crippen molar-refractivity contribution in [2.45, 2.75) is 0 Å². The molecule has 4 heteroatoms. The largest absolute Gasteiger partial charge is 0.445 e. The van der Waals surface area contributed by atoms with E-state index in [0.29, 0.717) is 11.8 Å². The normalized spacial score (nSPS) is 11.3. The minimum absolute atomic E-state index is 0.601. The molecule has 0 unspecified atom stereocenters. The van der Waals surface area contributed by atoms with Crippen molar-refractivity contribution in [3.05, 3.63) is 171 Å². The lowest BCUT2D eigenvalue weighted by atomic mass is 9.84. The maximum absolute atomic E-state index is 5.70. The molecule has 9 rings (SSSR count). The van der Waals surface area contributed by atoms with E-state index in [9.17, 15) is 0 Å². The first-order chi connectivity index (χ1) is 23.8. The lowest BCUT2D eigenvalue weighted by Gasteiger charge is -2.19.